The Morgan fingerprint density at radius 3 is 3.00 bits per heavy atom. The van der Waals surface area contributed by atoms with Crippen LogP contribution in [0.5, 0.6) is 0 Å². The van der Waals surface area contributed by atoms with Crippen molar-refractivity contribution in [3.8, 4) is 0 Å². The molecule has 1 fully saturated rings. The number of hydrogen-bond acceptors (Lipinski definition) is 6. The van der Waals surface area contributed by atoms with E-state index in [-0.39, 0.29) is 0 Å². The molecule has 0 saturated carbocycles. The predicted octanol–water partition coefficient (Wildman–Crippen LogP) is 1.65. The molecule has 1 saturated heterocycles. The van der Waals surface area contributed by atoms with Gasteiger partial charge in [-0.05, 0) is 31.2 Å². The Kier molecular flexibility index (Phi) is 5.60. The molecule has 0 amide bonds. The fourth-order valence-corrected chi connectivity index (χ4v) is 2.06. The first-order valence-corrected chi connectivity index (χ1v) is 7.08. The van der Waals surface area contributed by atoms with E-state index < -0.39 is 0 Å². The van der Waals surface area contributed by atoms with Gasteiger partial charge in [0, 0.05) is 19.8 Å². The SMILES string of the molecule is CC(C)CNCc1nnc(NCCC2CCOC2)o1. The highest BCUT2D eigenvalue weighted by molar-refractivity contribution is 5.16. The van der Waals surface area contributed by atoms with E-state index in [1.54, 1.807) is 0 Å². The molecule has 2 heterocycles. The van der Waals surface area contributed by atoms with Crippen molar-refractivity contribution in [2.75, 3.05) is 31.6 Å². The summed E-state index contributed by atoms with van der Waals surface area (Å²) in [6, 6.07) is 0.514. The fourth-order valence-electron chi connectivity index (χ4n) is 2.06. The molecule has 1 aliphatic rings. The van der Waals surface area contributed by atoms with Crippen LogP contribution in [0.25, 0.3) is 0 Å². The Bertz CT molecular complexity index is 361. The normalized spacial score (nSPS) is 19.2. The number of nitrogens with one attached hydrogen (secondary N) is 2. The van der Waals surface area contributed by atoms with Gasteiger partial charge in [-0.25, -0.2) is 0 Å². The molecule has 6 heteroatoms. The van der Waals surface area contributed by atoms with Crippen molar-refractivity contribution in [2.24, 2.45) is 11.8 Å². The first-order valence-electron chi connectivity index (χ1n) is 7.08. The van der Waals surface area contributed by atoms with Gasteiger partial charge >= 0.3 is 6.01 Å². The molecule has 2 rings (SSSR count). The van der Waals surface area contributed by atoms with E-state index in [4.69, 9.17) is 9.15 Å². The standard InChI is InChI=1S/C13H24N4O2/c1-10(2)7-14-8-12-16-17-13(19-12)15-5-3-11-4-6-18-9-11/h10-11,14H,3-9H2,1-2H3,(H,15,17). The molecule has 0 bridgehead atoms. The molecule has 6 nitrogen and oxygen atoms in total. The highest BCUT2D eigenvalue weighted by Gasteiger charge is 2.15. The van der Waals surface area contributed by atoms with Gasteiger partial charge in [0.25, 0.3) is 0 Å². The van der Waals surface area contributed by atoms with Crippen molar-refractivity contribution in [2.45, 2.75) is 33.2 Å². The average molecular weight is 268 g/mol. The molecular weight excluding hydrogens is 244 g/mol. The third kappa shape index (κ3) is 5.16. The lowest BCUT2D eigenvalue weighted by Gasteiger charge is -2.06. The molecule has 1 atom stereocenters. The van der Waals surface area contributed by atoms with Gasteiger partial charge in [-0.2, -0.15) is 0 Å². The van der Waals surface area contributed by atoms with Gasteiger partial charge in [0.2, 0.25) is 5.89 Å². The van der Waals surface area contributed by atoms with E-state index >= 15 is 0 Å². The first-order chi connectivity index (χ1) is 9.24. The number of ether oxygens (including phenoxy) is 1. The van der Waals surface area contributed by atoms with Crippen molar-refractivity contribution < 1.29 is 9.15 Å². The molecule has 0 aromatic carbocycles. The first kappa shape index (κ1) is 14.3. The third-order valence-electron chi connectivity index (χ3n) is 3.15. The summed E-state index contributed by atoms with van der Waals surface area (Å²) in [5, 5.41) is 14.4. The Hall–Kier alpha value is -1.14. The van der Waals surface area contributed by atoms with E-state index in [0.717, 1.165) is 39.1 Å². The van der Waals surface area contributed by atoms with Crippen molar-refractivity contribution in [1.29, 1.82) is 0 Å². The number of anilines is 1. The van der Waals surface area contributed by atoms with Crippen LogP contribution in [0.4, 0.5) is 6.01 Å². The molecule has 0 aliphatic carbocycles. The minimum absolute atomic E-state index is 0.514. The average Bonchev–Trinajstić information content (AvgIpc) is 3.00. The van der Waals surface area contributed by atoms with E-state index in [9.17, 15) is 0 Å². The maximum absolute atomic E-state index is 5.50. The molecule has 2 N–H and O–H groups in total. The summed E-state index contributed by atoms with van der Waals surface area (Å²) in [6.07, 6.45) is 2.25. The van der Waals surface area contributed by atoms with Gasteiger partial charge < -0.3 is 19.8 Å². The maximum Gasteiger partial charge on any atom is 0.315 e. The topological polar surface area (TPSA) is 72.2 Å². The molecule has 0 radical (unpaired) electrons. The Morgan fingerprint density at radius 2 is 2.26 bits per heavy atom. The Morgan fingerprint density at radius 1 is 1.37 bits per heavy atom. The second-order valence-electron chi connectivity index (χ2n) is 5.47. The maximum atomic E-state index is 5.50. The summed E-state index contributed by atoms with van der Waals surface area (Å²) < 4.78 is 10.8. The molecule has 1 aliphatic heterocycles. The number of hydrogen-bond donors (Lipinski definition) is 2. The summed E-state index contributed by atoms with van der Waals surface area (Å²) >= 11 is 0. The van der Waals surface area contributed by atoms with Crippen molar-refractivity contribution >= 4 is 6.01 Å². The largest absolute Gasteiger partial charge is 0.407 e. The summed E-state index contributed by atoms with van der Waals surface area (Å²) in [4.78, 5) is 0. The van der Waals surface area contributed by atoms with E-state index in [1.165, 1.54) is 0 Å². The van der Waals surface area contributed by atoms with Crippen LogP contribution in [0.15, 0.2) is 4.42 Å². The van der Waals surface area contributed by atoms with E-state index in [0.29, 0.717) is 30.3 Å². The lowest BCUT2D eigenvalue weighted by molar-refractivity contribution is 0.185. The smallest absolute Gasteiger partial charge is 0.315 e. The highest BCUT2D eigenvalue weighted by atomic mass is 16.5. The quantitative estimate of drug-likeness (QED) is 0.747. The zero-order chi connectivity index (χ0) is 13.5. The van der Waals surface area contributed by atoms with Crippen LogP contribution < -0.4 is 10.6 Å². The molecule has 1 unspecified atom stereocenters. The predicted molar refractivity (Wildman–Crippen MR) is 72.9 cm³/mol. The zero-order valence-corrected chi connectivity index (χ0v) is 11.8. The highest BCUT2D eigenvalue weighted by Crippen LogP contribution is 2.16. The Labute approximate surface area is 114 Å². The second kappa shape index (κ2) is 7.45. The van der Waals surface area contributed by atoms with Gasteiger partial charge in [0.05, 0.1) is 6.54 Å². The van der Waals surface area contributed by atoms with Crippen LogP contribution in [0.2, 0.25) is 0 Å². The molecule has 108 valence electrons. The van der Waals surface area contributed by atoms with Gasteiger partial charge in [0.15, 0.2) is 0 Å². The number of nitrogens with zero attached hydrogens (tertiary/aromatic N) is 2. The summed E-state index contributed by atoms with van der Waals surface area (Å²) in [5.41, 5.74) is 0. The van der Waals surface area contributed by atoms with Gasteiger partial charge in [-0.1, -0.05) is 18.9 Å². The minimum atomic E-state index is 0.514. The Balaban J connectivity index is 1.62. The summed E-state index contributed by atoms with van der Waals surface area (Å²) in [7, 11) is 0. The zero-order valence-electron chi connectivity index (χ0n) is 11.8. The van der Waals surface area contributed by atoms with Crippen LogP contribution in [-0.4, -0.2) is 36.5 Å². The fraction of sp³-hybridized carbons (Fsp3) is 0.846. The molecule has 19 heavy (non-hydrogen) atoms. The van der Waals surface area contributed by atoms with Crippen LogP contribution in [0.1, 0.15) is 32.6 Å². The number of aromatic nitrogens is 2. The monoisotopic (exact) mass is 268 g/mol. The van der Waals surface area contributed by atoms with Crippen LogP contribution in [-0.2, 0) is 11.3 Å². The van der Waals surface area contributed by atoms with Crippen LogP contribution in [0.3, 0.4) is 0 Å². The summed E-state index contributed by atoms with van der Waals surface area (Å²) in [6.45, 7) is 8.55. The lowest BCUT2D eigenvalue weighted by atomic mass is 10.1. The van der Waals surface area contributed by atoms with Crippen molar-refractivity contribution in [3.05, 3.63) is 5.89 Å². The lowest BCUT2D eigenvalue weighted by Crippen LogP contribution is -2.19. The van der Waals surface area contributed by atoms with E-state index in [1.807, 2.05) is 0 Å². The van der Waals surface area contributed by atoms with Crippen LogP contribution in [0, 0.1) is 11.8 Å². The van der Waals surface area contributed by atoms with Gasteiger partial charge in [-0.15, -0.1) is 5.10 Å². The van der Waals surface area contributed by atoms with E-state index in [2.05, 4.69) is 34.7 Å². The molecule has 1 aromatic rings. The van der Waals surface area contributed by atoms with Crippen molar-refractivity contribution in [3.63, 3.8) is 0 Å². The molecular formula is C13H24N4O2. The molecule has 0 spiro atoms. The third-order valence-corrected chi connectivity index (χ3v) is 3.15. The number of rotatable bonds is 8. The summed E-state index contributed by atoms with van der Waals surface area (Å²) in [5.74, 6) is 1.92. The van der Waals surface area contributed by atoms with Crippen molar-refractivity contribution in [1.82, 2.24) is 15.5 Å². The second-order valence-corrected chi connectivity index (χ2v) is 5.47. The minimum Gasteiger partial charge on any atom is -0.407 e. The van der Waals surface area contributed by atoms with Gasteiger partial charge in [0.1, 0.15) is 0 Å². The van der Waals surface area contributed by atoms with Crippen LogP contribution >= 0.6 is 0 Å². The van der Waals surface area contributed by atoms with Gasteiger partial charge in [-0.3, -0.25) is 0 Å². The molecule has 1 aromatic heterocycles.